The van der Waals surface area contributed by atoms with Crippen LogP contribution in [0.15, 0.2) is 42.5 Å². The molecule has 3 N–H and O–H groups in total. The van der Waals surface area contributed by atoms with Gasteiger partial charge in [0.15, 0.2) is 0 Å². The Kier molecular flexibility index (Phi) is 4.09. The highest BCUT2D eigenvalue weighted by atomic mass is 35.5. The third-order valence-electron chi connectivity index (χ3n) is 2.40. The molecule has 0 aliphatic carbocycles. The highest BCUT2D eigenvalue weighted by Gasteiger charge is 2.03. The van der Waals surface area contributed by atoms with E-state index in [-0.39, 0.29) is 25.1 Å². The van der Waals surface area contributed by atoms with Crippen molar-refractivity contribution in [1.29, 1.82) is 0 Å². The first kappa shape index (κ1) is 12.0. The Hall–Kier alpha value is -1.09. The second kappa shape index (κ2) is 5.12. The Labute approximate surface area is 95.1 Å². The molecule has 0 saturated heterocycles. The van der Waals surface area contributed by atoms with Crippen LogP contribution in [0.1, 0.15) is 11.6 Å². The van der Waals surface area contributed by atoms with Gasteiger partial charge in [-0.15, -0.1) is 12.4 Å². The average Bonchev–Trinajstić information content (AvgIpc) is 2.27. The van der Waals surface area contributed by atoms with Gasteiger partial charge in [0.25, 0.3) is 0 Å². The van der Waals surface area contributed by atoms with Crippen LogP contribution < -0.4 is 5.73 Å². The van der Waals surface area contributed by atoms with Crippen LogP contribution in [0.2, 0.25) is 0 Å². The summed E-state index contributed by atoms with van der Waals surface area (Å²) >= 11 is 0. The SMILES string of the molecule is Cl.NC(CO)c1ccc2ccccc2c1. The van der Waals surface area contributed by atoms with Gasteiger partial charge in [-0.3, -0.25) is 0 Å². The molecule has 0 aliphatic heterocycles. The van der Waals surface area contributed by atoms with Gasteiger partial charge in [0.1, 0.15) is 0 Å². The molecule has 80 valence electrons. The Morgan fingerprint density at radius 2 is 1.73 bits per heavy atom. The van der Waals surface area contributed by atoms with E-state index in [1.807, 2.05) is 36.4 Å². The van der Waals surface area contributed by atoms with E-state index in [2.05, 4.69) is 6.07 Å². The summed E-state index contributed by atoms with van der Waals surface area (Å²) in [5.74, 6) is 0. The van der Waals surface area contributed by atoms with E-state index in [0.29, 0.717) is 0 Å². The fraction of sp³-hybridized carbons (Fsp3) is 0.167. The zero-order valence-corrected chi connectivity index (χ0v) is 9.08. The molecule has 0 bridgehead atoms. The molecule has 0 spiro atoms. The molecule has 0 fully saturated rings. The molecule has 0 amide bonds. The van der Waals surface area contributed by atoms with E-state index in [0.717, 1.165) is 10.9 Å². The summed E-state index contributed by atoms with van der Waals surface area (Å²) in [7, 11) is 0. The number of aliphatic hydroxyl groups is 1. The Morgan fingerprint density at radius 1 is 1.07 bits per heavy atom. The third kappa shape index (κ3) is 2.48. The molecule has 15 heavy (non-hydrogen) atoms. The summed E-state index contributed by atoms with van der Waals surface area (Å²) in [5.41, 5.74) is 6.71. The standard InChI is InChI=1S/C12H13NO.ClH/c13-12(8-14)11-6-5-9-3-1-2-4-10(9)7-11;/h1-7,12,14H,8,13H2;1H. The molecule has 0 aliphatic rings. The second-order valence-corrected chi connectivity index (χ2v) is 3.40. The molecule has 0 aromatic heterocycles. The molecule has 2 rings (SSSR count). The minimum atomic E-state index is -0.278. The highest BCUT2D eigenvalue weighted by Crippen LogP contribution is 2.18. The molecular formula is C12H14ClNO. The Bertz CT molecular complexity index is 444. The van der Waals surface area contributed by atoms with Gasteiger partial charge in [0, 0.05) is 0 Å². The van der Waals surface area contributed by atoms with E-state index >= 15 is 0 Å². The Morgan fingerprint density at radius 3 is 2.40 bits per heavy atom. The number of fused-ring (bicyclic) bond motifs is 1. The average molecular weight is 224 g/mol. The number of aliphatic hydroxyl groups excluding tert-OH is 1. The van der Waals surface area contributed by atoms with Crippen molar-refractivity contribution >= 4 is 23.2 Å². The normalized spacial score (nSPS) is 12.1. The lowest BCUT2D eigenvalue weighted by Gasteiger charge is -2.09. The smallest absolute Gasteiger partial charge is 0.0624 e. The number of hydrogen-bond acceptors (Lipinski definition) is 2. The van der Waals surface area contributed by atoms with Gasteiger partial charge in [0.05, 0.1) is 12.6 Å². The van der Waals surface area contributed by atoms with Crippen molar-refractivity contribution in [2.45, 2.75) is 6.04 Å². The van der Waals surface area contributed by atoms with E-state index in [9.17, 15) is 0 Å². The highest BCUT2D eigenvalue weighted by molar-refractivity contribution is 5.85. The van der Waals surface area contributed by atoms with Crippen LogP contribution in [0.25, 0.3) is 10.8 Å². The van der Waals surface area contributed by atoms with Crippen LogP contribution in [0, 0.1) is 0 Å². The minimum absolute atomic E-state index is 0. The lowest BCUT2D eigenvalue weighted by Crippen LogP contribution is -2.14. The summed E-state index contributed by atoms with van der Waals surface area (Å²) in [6.07, 6.45) is 0. The number of rotatable bonds is 2. The van der Waals surface area contributed by atoms with E-state index in [1.165, 1.54) is 5.39 Å². The molecule has 0 saturated carbocycles. The van der Waals surface area contributed by atoms with E-state index in [4.69, 9.17) is 10.8 Å². The maximum atomic E-state index is 8.94. The van der Waals surface area contributed by atoms with Gasteiger partial charge in [0.2, 0.25) is 0 Å². The summed E-state index contributed by atoms with van der Waals surface area (Å²) in [6, 6.07) is 13.8. The molecule has 3 heteroatoms. The van der Waals surface area contributed by atoms with Gasteiger partial charge in [-0.05, 0) is 22.4 Å². The zero-order valence-electron chi connectivity index (χ0n) is 8.26. The van der Waals surface area contributed by atoms with Crippen LogP contribution >= 0.6 is 12.4 Å². The van der Waals surface area contributed by atoms with Crippen molar-refractivity contribution in [1.82, 2.24) is 0 Å². The third-order valence-corrected chi connectivity index (χ3v) is 2.40. The van der Waals surface area contributed by atoms with Gasteiger partial charge in [-0.2, -0.15) is 0 Å². The Balaban J connectivity index is 0.00000112. The van der Waals surface area contributed by atoms with Gasteiger partial charge in [-0.25, -0.2) is 0 Å². The predicted molar refractivity (Wildman–Crippen MR) is 65.2 cm³/mol. The second-order valence-electron chi connectivity index (χ2n) is 3.40. The quantitative estimate of drug-likeness (QED) is 0.821. The van der Waals surface area contributed by atoms with Crippen molar-refractivity contribution in [3.8, 4) is 0 Å². The number of nitrogens with two attached hydrogens (primary N) is 1. The summed E-state index contributed by atoms with van der Waals surface area (Å²) in [6.45, 7) is -0.0155. The van der Waals surface area contributed by atoms with Crippen molar-refractivity contribution in [3.63, 3.8) is 0 Å². The van der Waals surface area contributed by atoms with Crippen molar-refractivity contribution in [3.05, 3.63) is 48.0 Å². The molecule has 2 aromatic carbocycles. The van der Waals surface area contributed by atoms with Crippen LogP contribution in [0.5, 0.6) is 0 Å². The van der Waals surface area contributed by atoms with Crippen LogP contribution in [-0.4, -0.2) is 11.7 Å². The lowest BCUT2D eigenvalue weighted by atomic mass is 10.0. The molecule has 2 aromatic rings. The summed E-state index contributed by atoms with van der Waals surface area (Å²) in [5, 5.41) is 11.3. The number of hydrogen-bond donors (Lipinski definition) is 2. The number of halogens is 1. The van der Waals surface area contributed by atoms with Crippen LogP contribution in [-0.2, 0) is 0 Å². The van der Waals surface area contributed by atoms with E-state index < -0.39 is 0 Å². The van der Waals surface area contributed by atoms with Gasteiger partial charge >= 0.3 is 0 Å². The minimum Gasteiger partial charge on any atom is -0.394 e. The maximum absolute atomic E-state index is 8.94. The topological polar surface area (TPSA) is 46.2 Å². The maximum Gasteiger partial charge on any atom is 0.0624 e. The summed E-state index contributed by atoms with van der Waals surface area (Å²) in [4.78, 5) is 0. The molecule has 2 nitrogen and oxygen atoms in total. The predicted octanol–water partition coefficient (Wildman–Crippen LogP) is 2.25. The van der Waals surface area contributed by atoms with E-state index in [1.54, 1.807) is 0 Å². The molecule has 0 radical (unpaired) electrons. The monoisotopic (exact) mass is 223 g/mol. The molecule has 1 unspecified atom stereocenters. The van der Waals surface area contributed by atoms with Crippen molar-refractivity contribution < 1.29 is 5.11 Å². The number of benzene rings is 2. The first-order chi connectivity index (χ1) is 6.81. The van der Waals surface area contributed by atoms with Crippen LogP contribution in [0.4, 0.5) is 0 Å². The largest absolute Gasteiger partial charge is 0.394 e. The van der Waals surface area contributed by atoms with Crippen LogP contribution in [0.3, 0.4) is 0 Å². The van der Waals surface area contributed by atoms with Gasteiger partial charge in [-0.1, -0.05) is 36.4 Å². The molecular weight excluding hydrogens is 210 g/mol. The lowest BCUT2D eigenvalue weighted by molar-refractivity contribution is 0.268. The first-order valence-corrected chi connectivity index (χ1v) is 4.66. The fourth-order valence-corrected chi connectivity index (χ4v) is 1.54. The van der Waals surface area contributed by atoms with Crippen molar-refractivity contribution in [2.75, 3.05) is 6.61 Å². The first-order valence-electron chi connectivity index (χ1n) is 4.66. The molecule has 0 heterocycles. The zero-order chi connectivity index (χ0) is 9.97. The summed E-state index contributed by atoms with van der Waals surface area (Å²) < 4.78 is 0. The fourth-order valence-electron chi connectivity index (χ4n) is 1.54. The van der Waals surface area contributed by atoms with Gasteiger partial charge < -0.3 is 10.8 Å². The molecule has 1 atom stereocenters. The van der Waals surface area contributed by atoms with Crippen molar-refractivity contribution in [2.24, 2.45) is 5.73 Å².